The van der Waals surface area contributed by atoms with Gasteiger partial charge in [0.05, 0.1) is 0 Å². The lowest BCUT2D eigenvalue weighted by atomic mass is 9.84. The molecule has 3 nitrogen and oxygen atoms in total. The monoisotopic (exact) mass is 225 g/mol. The van der Waals surface area contributed by atoms with E-state index in [2.05, 4.69) is 30.0 Å². The van der Waals surface area contributed by atoms with E-state index < -0.39 is 0 Å². The van der Waals surface area contributed by atoms with E-state index in [-0.39, 0.29) is 0 Å². The summed E-state index contributed by atoms with van der Waals surface area (Å²) in [4.78, 5) is 2.44. The van der Waals surface area contributed by atoms with Crippen LogP contribution in [0.4, 0.5) is 10.8 Å². The van der Waals surface area contributed by atoms with Crippen molar-refractivity contribution < 1.29 is 0 Å². The van der Waals surface area contributed by atoms with E-state index in [0.29, 0.717) is 11.2 Å². The minimum Gasteiger partial charge on any atom is -0.383 e. The number of hydrogen-bond donors (Lipinski definition) is 1. The van der Waals surface area contributed by atoms with Gasteiger partial charge in [0, 0.05) is 18.7 Å². The van der Waals surface area contributed by atoms with Gasteiger partial charge in [-0.15, -0.1) is 0 Å². The second-order valence-electron chi connectivity index (χ2n) is 5.19. The van der Waals surface area contributed by atoms with Crippen LogP contribution in [0.25, 0.3) is 0 Å². The molecule has 1 aromatic heterocycles. The lowest BCUT2D eigenvalue weighted by Crippen LogP contribution is -2.39. The topological polar surface area (TPSA) is 42.1 Å². The van der Waals surface area contributed by atoms with Gasteiger partial charge in [-0.3, -0.25) is 0 Å². The minimum atomic E-state index is 0.420. The first-order valence-corrected chi connectivity index (χ1v) is 6.24. The smallest absolute Gasteiger partial charge is 0.142 e. The van der Waals surface area contributed by atoms with Crippen LogP contribution in [0.1, 0.15) is 32.3 Å². The zero-order chi connectivity index (χ0) is 11.1. The highest BCUT2D eigenvalue weighted by Gasteiger charge is 2.28. The number of aromatic nitrogens is 1. The summed E-state index contributed by atoms with van der Waals surface area (Å²) in [6.45, 7) is 8.99. The predicted molar refractivity (Wildman–Crippen MR) is 66.5 cm³/mol. The van der Waals surface area contributed by atoms with Crippen molar-refractivity contribution in [2.75, 3.05) is 23.7 Å². The number of nitrogens with zero attached hydrogens (tertiary/aromatic N) is 2. The van der Waals surface area contributed by atoms with Gasteiger partial charge in [-0.2, -0.15) is 4.37 Å². The first-order valence-electron chi connectivity index (χ1n) is 5.46. The van der Waals surface area contributed by atoms with Crippen LogP contribution in [0, 0.1) is 12.3 Å². The number of piperidine rings is 1. The second kappa shape index (κ2) is 3.67. The van der Waals surface area contributed by atoms with Crippen LogP contribution in [0.5, 0.6) is 0 Å². The number of hydrogen-bond acceptors (Lipinski definition) is 4. The molecule has 0 atom stereocenters. The molecule has 1 fully saturated rings. The molecular weight excluding hydrogens is 206 g/mol. The van der Waals surface area contributed by atoms with Crippen molar-refractivity contribution in [1.82, 2.24) is 4.37 Å². The molecule has 1 aliphatic heterocycles. The summed E-state index contributed by atoms with van der Waals surface area (Å²) in [5, 5.41) is 1.26. The third kappa shape index (κ3) is 2.09. The molecule has 0 bridgehead atoms. The number of rotatable bonds is 1. The highest BCUT2D eigenvalue weighted by Crippen LogP contribution is 2.36. The Morgan fingerprint density at radius 1 is 1.47 bits per heavy atom. The van der Waals surface area contributed by atoms with Crippen LogP contribution in [0.15, 0.2) is 0 Å². The Morgan fingerprint density at radius 2 is 2.20 bits per heavy atom. The van der Waals surface area contributed by atoms with Crippen LogP contribution in [0.3, 0.4) is 0 Å². The number of nitrogens with two attached hydrogens (primary N) is 1. The van der Waals surface area contributed by atoms with Crippen molar-refractivity contribution in [1.29, 1.82) is 0 Å². The Hall–Kier alpha value is -0.770. The maximum absolute atomic E-state index is 5.79. The van der Waals surface area contributed by atoms with Crippen LogP contribution >= 0.6 is 11.5 Å². The van der Waals surface area contributed by atoms with Gasteiger partial charge in [0.25, 0.3) is 0 Å². The van der Waals surface area contributed by atoms with Gasteiger partial charge in [-0.1, -0.05) is 13.8 Å². The Morgan fingerprint density at radius 3 is 2.73 bits per heavy atom. The van der Waals surface area contributed by atoms with Gasteiger partial charge in [-0.25, -0.2) is 0 Å². The van der Waals surface area contributed by atoms with E-state index in [9.17, 15) is 0 Å². The molecule has 2 heterocycles. The molecule has 0 radical (unpaired) electrons. The highest BCUT2D eigenvalue weighted by atomic mass is 32.1. The summed E-state index contributed by atoms with van der Waals surface area (Å²) in [7, 11) is 0. The molecule has 2 N–H and O–H groups in total. The lowest BCUT2D eigenvalue weighted by Gasteiger charge is -2.38. The normalized spacial score (nSPS) is 20.6. The zero-order valence-electron chi connectivity index (χ0n) is 9.71. The Kier molecular flexibility index (Phi) is 2.63. The molecule has 1 saturated heterocycles. The van der Waals surface area contributed by atoms with Crippen molar-refractivity contribution in [3.8, 4) is 0 Å². The molecular formula is C11H19N3S. The van der Waals surface area contributed by atoms with E-state index in [4.69, 9.17) is 5.73 Å². The van der Waals surface area contributed by atoms with E-state index in [0.717, 1.165) is 18.7 Å². The molecule has 0 aromatic carbocycles. The van der Waals surface area contributed by atoms with Crippen LogP contribution in [-0.2, 0) is 0 Å². The Bertz CT molecular complexity index is 357. The average molecular weight is 225 g/mol. The summed E-state index contributed by atoms with van der Waals surface area (Å²) in [5.74, 6) is 0.693. The fraction of sp³-hybridized carbons (Fsp3) is 0.727. The molecule has 0 aliphatic carbocycles. The number of nitrogen functional groups attached to an aromatic ring is 1. The summed E-state index contributed by atoms with van der Waals surface area (Å²) in [6, 6.07) is 0. The molecule has 15 heavy (non-hydrogen) atoms. The maximum atomic E-state index is 5.79. The average Bonchev–Trinajstić information content (AvgIpc) is 2.46. The molecule has 0 spiro atoms. The van der Waals surface area contributed by atoms with E-state index in [1.54, 1.807) is 0 Å². The molecule has 0 amide bonds. The van der Waals surface area contributed by atoms with Gasteiger partial charge in [0.1, 0.15) is 10.8 Å². The fourth-order valence-corrected chi connectivity index (χ4v) is 3.06. The minimum absolute atomic E-state index is 0.420. The summed E-state index contributed by atoms with van der Waals surface area (Å²) < 4.78 is 4.22. The zero-order valence-corrected chi connectivity index (χ0v) is 10.5. The van der Waals surface area contributed by atoms with Crippen LogP contribution < -0.4 is 10.6 Å². The van der Waals surface area contributed by atoms with Gasteiger partial charge in [0.15, 0.2) is 0 Å². The van der Waals surface area contributed by atoms with Crippen LogP contribution in [0.2, 0.25) is 0 Å². The second-order valence-corrected chi connectivity index (χ2v) is 5.94. The standard InChI is InChI=1S/C11H19N3S/c1-8-9(12)13-15-10(8)14-6-4-5-11(2,3)7-14/h4-7H2,1-3H3,(H2,12,13). The SMILES string of the molecule is Cc1c(N)nsc1N1CCCC(C)(C)C1. The molecule has 0 saturated carbocycles. The molecule has 0 unspecified atom stereocenters. The van der Waals surface area contributed by atoms with Crippen LogP contribution in [-0.4, -0.2) is 17.5 Å². The highest BCUT2D eigenvalue weighted by molar-refractivity contribution is 7.10. The van der Waals surface area contributed by atoms with Crippen molar-refractivity contribution >= 4 is 22.4 Å². The Balaban J connectivity index is 2.21. The quantitative estimate of drug-likeness (QED) is 0.799. The third-order valence-electron chi connectivity index (χ3n) is 3.12. The largest absolute Gasteiger partial charge is 0.383 e. The molecule has 4 heteroatoms. The van der Waals surface area contributed by atoms with E-state index >= 15 is 0 Å². The van der Waals surface area contributed by atoms with Gasteiger partial charge >= 0.3 is 0 Å². The fourth-order valence-electron chi connectivity index (χ4n) is 2.23. The van der Waals surface area contributed by atoms with Crippen molar-refractivity contribution in [3.05, 3.63) is 5.56 Å². The van der Waals surface area contributed by atoms with E-state index in [1.165, 1.54) is 29.4 Å². The van der Waals surface area contributed by atoms with Crippen molar-refractivity contribution in [2.45, 2.75) is 33.6 Å². The Labute approximate surface area is 95.4 Å². The summed E-state index contributed by atoms with van der Waals surface area (Å²) in [6.07, 6.45) is 2.58. The predicted octanol–water partition coefficient (Wildman–Crippen LogP) is 2.66. The third-order valence-corrected chi connectivity index (χ3v) is 4.15. The van der Waals surface area contributed by atoms with Crippen molar-refractivity contribution in [3.63, 3.8) is 0 Å². The first-order chi connectivity index (χ1) is 6.99. The maximum Gasteiger partial charge on any atom is 0.142 e. The summed E-state index contributed by atoms with van der Waals surface area (Å²) in [5.41, 5.74) is 7.36. The molecule has 84 valence electrons. The molecule has 1 aromatic rings. The molecule has 1 aliphatic rings. The molecule has 2 rings (SSSR count). The van der Waals surface area contributed by atoms with E-state index in [1.807, 2.05) is 0 Å². The lowest BCUT2D eigenvalue weighted by molar-refractivity contribution is 0.294. The number of anilines is 2. The van der Waals surface area contributed by atoms with Gasteiger partial charge < -0.3 is 10.6 Å². The van der Waals surface area contributed by atoms with Gasteiger partial charge in [0.2, 0.25) is 0 Å². The first kappa shape index (κ1) is 10.7. The van der Waals surface area contributed by atoms with Crippen molar-refractivity contribution in [2.24, 2.45) is 5.41 Å². The summed E-state index contributed by atoms with van der Waals surface area (Å²) >= 11 is 1.53. The van der Waals surface area contributed by atoms with Gasteiger partial charge in [-0.05, 0) is 36.7 Å².